The van der Waals surface area contributed by atoms with E-state index < -0.39 is 0 Å². The predicted molar refractivity (Wildman–Crippen MR) is 95.7 cm³/mol. The van der Waals surface area contributed by atoms with Crippen molar-refractivity contribution >= 4 is 0 Å². The van der Waals surface area contributed by atoms with Crippen molar-refractivity contribution in [1.82, 2.24) is 9.80 Å². The first-order valence-electron chi connectivity index (χ1n) is 9.03. The molecule has 1 fully saturated rings. The zero-order valence-corrected chi connectivity index (χ0v) is 14.7. The lowest BCUT2D eigenvalue weighted by Crippen LogP contribution is -2.35. The van der Waals surface area contributed by atoms with Gasteiger partial charge in [0.05, 0.1) is 6.61 Å². The van der Waals surface area contributed by atoms with E-state index >= 15 is 0 Å². The van der Waals surface area contributed by atoms with Crippen LogP contribution in [0.15, 0.2) is 30.5 Å². The third-order valence-electron chi connectivity index (χ3n) is 5.37. The largest absolute Gasteiger partial charge is 0.493 e. The maximum atomic E-state index is 6.12. The quantitative estimate of drug-likeness (QED) is 0.824. The summed E-state index contributed by atoms with van der Waals surface area (Å²) in [4.78, 5) is 4.88. The van der Waals surface area contributed by atoms with Gasteiger partial charge >= 0.3 is 0 Å². The summed E-state index contributed by atoms with van der Waals surface area (Å²) in [5.74, 6) is 1.74. The van der Waals surface area contributed by atoms with Gasteiger partial charge in [0.2, 0.25) is 0 Å². The van der Waals surface area contributed by atoms with Crippen molar-refractivity contribution in [2.45, 2.75) is 39.7 Å². The molecule has 0 spiro atoms. The van der Waals surface area contributed by atoms with Gasteiger partial charge in [-0.15, -0.1) is 0 Å². The smallest absolute Gasteiger partial charge is 0.119 e. The molecule has 126 valence electrons. The molecule has 3 nitrogen and oxygen atoms in total. The van der Waals surface area contributed by atoms with E-state index in [9.17, 15) is 0 Å². The SMILES string of the molecule is C=C(C)N1CCc2ccc(OCC3CCN(CC)CC3)cc2C1. The predicted octanol–water partition coefficient (Wildman–Crippen LogP) is 3.69. The van der Waals surface area contributed by atoms with E-state index in [4.69, 9.17) is 4.74 Å². The fourth-order valence-corrected chi connectivity index (χ4v) is 3.63. The van der Waals surface area contributed by atoms with Gasteiger partial charge < -0.3 is 14.5 Å². The molecular formula is C20H30N2O. The first-order valence-corrected chi connectivity index (χ1v) is 9.03. The monoisotopic (exact) mass is 314 g/mol. The van der Waals surface area contributed by atoms with Crippen molar-refractivity contribution in [2.75, 3.05) is 32.8 Å². The van der Waals surface area contributed by atoms with Crippen LogP contribution in [0.25, 0.3) is 0 Å². The molecular weight excluding hydrogens is 284 g/mol. The Labute approximate surface area is 140 Å². The maximum absolute atomic E-state index is 6.12. The average molecular weight is 314 g/mol. The van der Waals surface area contributed by atoms with Crippen LogP contribution >= 0.6 is 0 Å². The van der Waals surface area contributed by atoms with Crippen LogP contribution in [-0.4, -0.2) is 42.6 Å². The van der Waals surface area contributed by atoms with Crippen molar-refractivity contribution in [3.63, 3.8) is 0 Å². The van der Waals surface area contributed by atoms with Gasteiger partial charge in [-0.1, -0.05) is 19.6 Å². The number of hydrogen-bond acceptors (Lipinski definition) is 3. The van der Waals surface area contributed by atoms with Gasteiger partial charge in [-0.3, -0.25) is 0 Å². The van der Waals surface area contributed by atoms with Gasteiger partial charge in [0, 0.05) is 18.8 Å². The van der Waals surface area contributed by atoms with Gasteiger partial charge in [-0.25, -0.2) is 0 Å². The van der Waals surface area contributed by atoms with Crippen molar-refractivity contribution in [1.29, 1.82) is 0 Å². The highest BCUT2D eigenvalue weighted by molar-refractivity contribution is 5.37. The van der Waals surface area contributed by atoms with Gasteiger partial charge in [-0.05, 0) is 75.0 Å². The highest BCUT2D eigenvalue weighted by atomic mass is 16.5. The van der Waals surface area contributed by atoms with Gasteiger partial charge in [0.1, 0.15) is 5.75 Å². The Bertz CT molecular complexity index is 547. The Morgan fingerprint density at radius 2 is 2.00 bits per heavy atom. The minimum absolute atomic E-state index is 0.709. The highest BCUT2D eigenvalue weighted by Crippen LogP contribution is 2.26. The second-order valence-corrected chi connectivity index (χ2v) is 7.03. The van der Waals surface area contributed by atoms with Crippen LogP contribution in [0.1, 0.15) is 37.8 Å². The number of fused-ring (bicyclic) bond motifs is 1. The van der Waals surface area contributed by atoms with Gasteiger partial charge in [-0.2, -0.15) is 0 Å². The Morgan fingerprint density at radius 1 is 1.22 bits per heavy atom. The van der Waals surface area contributed by atoms with Crippen molar-refractivity contribution < 1.29 is 4.74 Å². The standard InChI is InChI=1S/C20H30N2O/c1-4-21-10-7-17(8-11-21)15-23-20-6-5-18-9-12-22(16(2)3)14-19(18)13-20/h5-6,13,17H,2,4,7-12,14-15H2,1,3H3. The van der Waals surface area contributed by atoms with E-state index in [0.29, 0.717) is 5.92 Å². The van der Waals surface area contributed by atoms with E-state index in [0.717, 1.165) is 37.6 Å². The number of hydrogen-bond donors (Lipinski definition) is 0. The number of likely N-dealkylation sites (tertiary alicyclic amines) is 1. The second-order valence-electron chi connectivity index (χ2n) is 7.03. The number of ether oxygens (including phenoxy) is 1. The van der Waals surface area contributed by atoms with E-state index in [1.807, 2.05) is 0 Å². The fourth-order valence-electron chi connectivity index (χ4n) is 3.63. The maximum Gasteiger partial charge on any atom is 0.119 e. The third kappa shape index (κ3) is 4.08. The van der Waals surface area contributed by atoms with E-state index in [-0.39, 0.29) is 0 Å². The first kappa shape index (κ1) is 16.4. The summed E-state index contributed by atoms with van der Waals surface area (Å²) in [7, 11) is 0. The summed E-state index contributed by atoms with van der Waals surface area (Å²) in [5.41, 5.74) is 4.02. The van der Waals surface area contributed by atoms with Gasteiger partial charge in [0.15, 0.2) is 0 Å². The molecule has 2 heterocycles. The molecule has 0 N–H and O–H groups in total. The van der Waals surface area contributed by atoms with Crippen molar-refractivity contribution in [3.8, 4) is 5.75 Å². The zero-order chi connectivity index (χ0) is 16.2. The van der Waals surface area contributed by atoms with Crippen LogP contribution in [0.4, 0.5) is 0 Å². The molecule has 2 aliphatic rings. The van der Waals surface area contributed by atoms with Crippen molar-refractivity contribution in [2.24, 2.45) is 5.92 Å². The minimum Gasteiger partial charge on any atom is -0.493 e. The topological polar surface area (TPSA) is 15.7 Å². The molecule has 1 aromatic rings. The fraction of sp³-hybridized carbons (Fsp3) is 0.600. The summed E-state index contributed by atoms with van der Waals surface area (Å²) >= 11 is 0. The van der Waals surface area contributed by atoms with E-state index in [2.05, 4.69) is 48.4 Å². The molecule has 1 saturated heterocycles. The molecule has 3 rings (SSSR count). The molecule has 0 saturated carbocycles. The second kappa shape index (κ2) is 7.39. The Kier molecular flexibility index (Phi) is 5.27. The third-order valence-corrected chi connectivity index (χ3v) is 5.37. The molecule has 0 radical (unpaired) electrons. The number of benzene rings is 1. The molecule has 0 atom stereocenters. The van der Waals surface area contributed by atoms with E-state index in [1.54, 1.807) is 0 Å². The molecule has 0 unspecified atom stereocenters. The summed E-state index contributed by atoms with van der Waals surface area (Å²) < 4.78 is 6.12. The average Bonchev–Trinajstić information content (AvgIpc) is 2.59. The number of rotatable bonds is 5. The lowest BCUT2D eigenvalue weighted by molar-refractivity contribution is 0.145. The van der Waals surface area contributed by atoms with Crippen LogP contribution in [0.2, 0.25) is 0 Å². The molecule has 0 aliphatic carbocycles. The molecule has 2 aliphatic heterocycles. The lowest BCUT2D eigenvalue weighted by Gasteiger charge is -2.32. The van der Waals surface area contributed by atoms with Crippen LogP contribution in [0.3, 0.4) is 0 Å². The number of nitrogens with zero attached hydrogens (tertiary/aromatic N) is 2. The number of piperidine rings is 1. The summed E-state index contributed by atoms with van der Waals surface area (Å²) in [6.07, 6.45) is 3.64. The zero-order valence-electron chi connectivity index (χ0n) is 14.7. The normalized spacial score (nSPS) is 19.5. The first-order chi connectivity index (χ1) is 11.2. The lowest BCUT2D eigenvalue weighted by atomic mass is 9.97. The molecule has 0 bridgehead atoms. The van der Waals surface area contributed by atoms with E-state index in [1.165, 1.54) is 43.6 Å². The Balaban J connectivity index is 1.55. The molecule has 0 amide bonds. The molecule has 1 aromatic carbocycles. The summed E-state index contributed by atoms with van der Waals surface area (Å²) in [6, 6.07) is 6.64. The summed E-state index contributed by atoms with van der Waals surface area (Å²) in [5, 5.41) is 0. The summed E-state index contributed by atoms with van der Waals surface area (Å²) in [6.45, 7) is 15.0. The highest BCUT2D eigenvalue weighted by Gasteiger charge is 2.19. The van der Waals surface area contributed by atoms with Crippen LogP contribution in [-0.2, 0) is 13.0 Å². The van der Waals surface area contributed by atoms with Gasteiger partial charge in [0.25, 0.3) is 0 Å². The van der Waals surface area contributed by atoms with Crippen LogP contribution in [0, 0.1) is 5.92 Å². The molecule has 0 aromatic heterocycles. The minimum atomic E-state index is 0.709. The van der Waals surface area contributed by atoms with Crippen LogP contribution < -0.4 is 4.74 Å². The molecule has 23 heavy (non-hydrogen) atoms. The van der Waals surface area contributed by atoms with Crippen molar-refractivity contribution in [3.05, 3.63) is 41.6 Å². The molecule has 3 heteroatoms. The van der Waals surface area contributed by atoms with Crippen LogP contribution in [0.5, 0.6) is 5.75 Å². The Morgan fingerprint density at radius 3 is 2.70 bits per heavy atom. The number of allylic oxidation sites excluding steroid dienone is 1. The Hall–Kier alpha value is -1.48.